The van der Waals surface area contributed by atoms with E-state index in [1.54, 1.807) is 36.7 Å². The van der Waals surface area contributed by atoms with Gasteiger partial charge in [0, 0.05) is 17.7 Å². The number of nitriles is 2. The summed E-state index contributed by atoms with van der Waals surface area (Å²) in [5.41, 5.74) is 5.62. The van der Waals surface area contributed by atoms with Crippen molar-refractivity contribution < 1.29 is 30.7 Å². The third-order valence-electron chi connectivity index (χ3n) is 3.59. The highest BCUT2D eigenvalue weighted by atomic mass is 79.9. The molecule has 24 heavy (non-hydrogen) atoms. The molecule has 0 aliphatic rings. The number of aromatic nitrogens is 1. The van der Waals surface area contributed by atoms with Crippen molar-refractivity contribution in [2.75, 3.05) is 0 Å². The Morgan fingerprint density at radius 2 is 1.67 bits per heavy atom. The molecule has 1 heterocycles. The number of halogens is 2. The highest BCUT2D eigenvalue weighted by Crippen LogP contribution is 2.34. The van der Waals surface area contributed by atoms with Crippen molar-refractivity contribution in [2.24, 2.45) is 11.7 Å². The molecular formula is C17H14BrFN4O. The molecule has 2 atom stereocenters. The van der Waals surface area contributed by atoms with E-state index >= 15 is 0 Å². The summed E-state index contributed by atoms with van der Waals surface area (Å²) in [4.78, 5) is 12.0. The van der Waals surface area contributed by atoms with Gasteiger partial charge in [-0.15, -0.1) is 0 Å². The van der Waals surface area contributed by atoms with Crippen LogP contribution >= 0.6 is 0 Å². The number of nitrogens with two attached hydrogens (primary N) is 1. The van der Waals surface area contributed by atoms with E-state index in [0.29, 0.717) is 0 Å². The highest BCUT2D eigenvalue weighted by molar-refractivity contribution is 5.78. The zero-order valence-corrected chi connectivity index (χ0v) is 14.1. The first-order valence-electron chi connectivity index (χ1n) is 6.89. The van der Waals surface area contributed by atoms with E-state index in [1.807, 2.05) is 12.1 Å². The Bertz CT molecular complexity index is 771. The maximum atomic E-state index is 14.2. The average molecular weight is 389 g/mol. The van der Waals surface area contributed by atoms with Crippen LogP contribution in [0.3, 0.4) is 0 Å². The lowest BCUT2D eigenvalue weighted by atomic mass is 9.81. The van der Waals surface area contributed by atoms with Crippen LogP contribution in [0, 0.1) is 34.4 Å². The third kappa shape index (κ3) is 3.95. The van der Waals surface area contributed by atoms with Gasteiger partial charge in [-0.2, -0.15) is 15.1 Å². The minimum Gasteiger partial charge on any atom is -1.00 e. The SMILES string of the molecule is N#CC(C#N)C(c1ccccc1F)C(C(N)=O)[n+]1ccccc1.[Br-]. The summed E-state index contributed by atoms with van der Waals surface area (Å²) in [6.45, 7) is 0. The molecule has 1 aromatic heterocycles. The molecule has 0 saturated heterocycles. The molecule has 122 valence electrons. The number of pyridine rings is 1. The minimum absolute atomic E-state index is 0. The highest BCUT2D eigenvalue weighted by Gasteiger charge is 2.42. The van der Waals surface area contributed by atoms with E-state index in [2.05, 4.69) is 0 Å². The van der Waals surface area contributed by atoms with Crippen LogP contribution in [0.25, 0.3) is 0 Å². The van der Waals surface area contributed by atoms with Crippen LogP contribution in [0.4, 0.5) is 4.39 Å². The fourth-order valence-corrected chi connectivity index (χ4v) is 2.57. The quantitative estimate of drug-likeness (QED) is 0.637. The number of nitrogens with zero attached hydrogens (tertiary/aromatic N) is 3. The maximum absolute atomic E-state index is 14.2. The van der Waals surface area contributed by atoms with Gasteiger partial charge in [0.2, 0.25) is 6.04 Å². The lowest BCUT2D eigenvalue weighted by Crippen LogP contribution is -3.00. The van der Waals surface area contributed by atoms with Crippen LogP contribution in [0.2, 0.25) is 0 Å². The van der Waals surface area contributed by atoms with E-state index in [-0.39, 0.29) is 22.5 Å². The van der Waals surface area contributed by atoms with Crippen molar-refractivity contribution in [1.29, 1.82) is 10.5 Å². The number of amides is 1. The van der Waals surface area contributed by atoms with Gasteiger partial charge < -0.3 is 22.7 Å². The second-order valence-electron chi connectivity index (χ2n) is 4.95. The van der Waals surface area contributed by atoms with Crippen molar-refractivity contribution in [3.8, 4) is 12.1 Å². The van der Waals surface area contributed by atoms with E-state index in [0.717, 1.165) is 0 Å². The number of carbonyl (C=O) groups excluding carboxylic acids is 1. The van der Waals surface area contributed by atoms with Gasteiger partial charge in [-0.3, -0.25) is 4.79 Å². The monoisotopic (exact) mass is 388 g/mol. The Morgan fingerprint density at radius 1 is 1.08 bits per heavy atom. The Kier molecular flexibility index (Phi) is 7.03. The molecule has 0 aliphatic carbocycles. The van der Waals surface area contributed by atoms with E-state index in [4.69, 9.17) is 5.73 Å². The predicted molar refractivity (Wildman–Crippen MR) is 78.7 cm³/mol. The zero-order valence-electron chi connectivity index (χ0n) is 12.5. The Morgan fingerprint density at radius 3 is 2.17 bits per heavy atom. The summed E-state index contributed by atoms with van der Waals surface area (Å²) >= 11 is 0. The number of rotatable bonds is 5. The summed E-state index contributed by atoms with van der Waals surface area (Å²) in [6.07, 6.45) is 3.18. The molecule has 2 aromatic rings. The number of primary amides is 1. The second-order valence-corrected chi connectivity index (χ2v) is 4.95. The predicted octanol–water partition coefficient (Wildman–Crippen LogP) is -1.41. The topological polar surface area (TPSA) is 94.5 Å². The molecule has 0 aliphatic heterocycles. The number of benzene rings is 1. The van der Waals surface area contributed by atoms with E-state index < -0.39 is 29.6 Å². The number of hydrogen-bond acceptors (Lipinski definition) is 3. The fourth-order valence-electron chi connectivity index (χ4n) is 2.57. The normalized spacial score (nSPS) is 12.3. The summed E-state index contributed by atoms with van der Waals surface area (Å²) in [5, 5.41) is 18.5. The van der Waals surface area contributed by atoms with E-state index in [1.165, 1.54) is 22.8 Å². The summed E-state index contributed by atoms with van der Waals surface area (Å²) in [7, 11) is 0. The van der Waals surface area contributed by atoms with Gasteiger partial charge in [0.1, 0.15) is 11.7 Å². The lowest BCUT2D eigenvalue weighted by Gasteiger charge is -2.22. The van der Waals surface area contributed by atoms with Crippen molar-refractivity contribution >= 4 is 5.91 Å². The molecule has 7 heteroatoms. The standard InChI is InChI=1S/C17H13FN4O.BrH/c18-14-7-3-2-6-13(14)15(12(10-19)11-20)16(17(21)23)22-8-4-1-5-9-22;/h1-9,12,15-16H,(H-,21,23);1H. The largest absolute Gasteiger partial charge is 1.00 e. The number of hydrogen-bond donors (Lipinski definition) is 1. The van der Waals surface area contributed by atoms with Gasteiger partial charge in [-0.1, -0.05) is 24.3 Å². The molecule has 2 rings (SSSR count). The molecular weight excluding hydrogens is 375 g/mol. The van der Waals surface area contributed by atoms with E-state index in [9.17, 15) is 19.7 Å². The Hall–Kier alpha value is -2.77. The molecule has 0 spiro atoms. The van der Waals surface area contributed by atoms with Crippen molar-refractivity contribution in [2.45, 2.75) is 12.0 Å². The van der Waals surface area contributed by atoms with Gasteiger partial charge in [0.15, 0.2) is 12.4 Å². The van der Waals surface area contributed by atoms with Crippen LogP contribution in [0.5, 0.6) is 0 Å². The van der Waals surface area contributed by atoms with Crippen LogP contribution in [-0.2, 0) is 4.79 Å². The van der Waals surface area contributed by atoms with Crippen molar-refractivity contribution in [3.63, 3.8) is 0 Å². The number of carbonyl (C=O) groups is 1. The Balaban J connectivity index is 0.00000288. The van der Waals surface area contributed by atoms with Gasteiger partial charge in [0.25, 0.3) is 5.91 Å². The molecule has 1 aromatic carbocycles. The van der Waals surface area contributed by atoms with Crippen molar-refractivity contribution in [1.82, 2.24) is 0 Å². The van der Waals surface area contributed by atoms with Crippen LogP contribution in [0.15, 0.2) is 54.9 Å². The van der Waals surface area contributed by atoms with Gasteiger partial charge in [-0.25, -0.2) is 4.39 Å². The van der Waals surface area contributed by atoms with Gasteiger partial charge in [0.05, 0.1) is 18.1 Å². The second kappa shape index (κ2) is 8.76. The summed E-state index contributed by atoms with van der Waals surface area (Å²) in [6, 6.07) is 13.5. The Labute approximate surface area is 149 Å². The summed E-state index contributed by atoms with van der Waals surface area (Å²) in [5.74, 6) is -3.58. The first-order valence-corrected chi connectivity index (χ1v) is 6.89. The van der Waals surface area contributed by atoms with Gasteiger partial charge >= 0.3 is 0 Å². The third-order valence-corrected chi connectivity index (χ3v) is 3.59. The molecule has 1 amide bonds. The smallest absolute Gasteiger partial charge is 0.287 e. The van der Waals surface area contributed by atoms with Gasteiger partial charge in [-0.05, 0) is 6.07 Å². The molecule has 0 bridgehead atoms. The van der Waals surface area contributed by atoms with Crippen molar-refractivity contribution in [3.05, 3.63) is 66.2 Å². The first kappa shape index (κ1) is 19.3. The molecule has 2 unspecified atom stereocenters. The molecule has 0 fully saturated rings. The minimum atomic E-state index is -1.22. The maximum Gasteiger partial charge on any atom is 0.287 e. The van der Waals surface area contributed by atoms with Crippen LogP contribution in [-0.4, -0.2) is 5.91 Å². The molecule has 5 nitrogen and oxygen atoms in total. The fraction of sp³-hybridized carbons (Fsp3) is 0.176. The first-order chi connectivity index (χ1) is 11.1. The molecule has 0 saturated carbocycles. The average Bonchev–Trinajstić information content (AvgIpc) is 2.56. The van der Waals surface area contributed by atoms with Crippen LogP contribution < -0.4 is 27.3 Å². The van der Waals surface area contributed by atoms with Crippen LogP contribution in [0.1, 0.15) is 17.5 Å². The lowest BCUT2D eigenvalue weighted by molar-refractivity contribution is -0.712. The molecule has 2 N–H and O–H groups in total. The molecule has 0 radical (unpaired) electrons. The summed E-state index contributed by atoms with van der Waals surface area (Å²) < 4.78 is 15.7. The zero-order chi connectivity index (χ0) is 16.8.